The number of carbonyl (C=O) groups is 1. The first-order chi connectivity index (χ1) is 9.15. The molecule has 0 bridgehead atoms. The van der Waals surface area contributed by atoms with Gasteiger partial charge in [0, 0.05) is 12.6 Å². The Morgan fingerprint density at radius 2 is 2.21 bits per heavy atom. The van der Waals surface area contributed by atoms with Gasteiger partial charge in [-0.3, -0.25) is 9.69 Å². The molecule has 0 saturated carbocycles. The van der Waals surface area contributed by atoms with Gasteiger partial charge in [0.15, 0.2) is 0 Å². The van der Waals surface area contributed by atoms with Crippen LogP contribution in [-0.2, 0) is 4.79 Å². The number of para-hydroxylation sites is 1. The Balaban J connectivity index is 1.92. The predicted octanol–water partition coefficient (Wildman–Crippen LogP) is 2.84. The monoisotopic (exact) mass is 289 g/mol. The minimum atomic E-state index is -0.0465. The summed E-state index contributed by atoms with van der Waals surface area (Å²) >= 11 is 6.43. The predicted molar refractivity (Wildman–Crippen MR) is 81.0 cm³/mol. The van der Waals surface area contributed by atoms with Gasteiger partial charge in [-0.1, -0.05) is 42.2 Å². The molecule has 1 amide bonds. The van der Waals surface area contributed by atoms with Crippen LogP contribution < -0.4 is 4.74 Å². The van der Waals surface area contributed by atoms with E-state index in [0.29, 0.717) is 15.8 Å². The molecule has 0 N–H and O–H groups in total. The lowest BCUT2D eigenvalue weighted by molar-refractivity contribution is -0.121. The third kappa shape index (κ3) is 2.31. The van der Waals surface area contributed by atoms with E-state index in [9.17, 15) is 4.79 Å². The molecule has 1 aromatic carbocycles. The lowest BCUT2D eigenvalue weighted by Crippen LogP contribution is -2.22. The lowest BCUT2D eigenvalue weighted by Gasteiger charge is -2.15. The van der Waals surface area contributed by atoms with Gasteiger partial charge in [-0.15, -0.1) is 0 Å². The van der Waals surface area contributed by atoms with Gasteiger partial charge in [0.05, 0.1) is 4.91 Å². The number of likely N-dealkylation sites (N-methyl/N-ethyl adjacent to an activating group) is 1. The standard InChI is InChI=1S/C14H11NO2S2/c1-15-13(16)12(19-14(15)18)7-9-6-10-4-2-3-5-11(10)17-8-9/h2-7H,8H2,1H3/b12-7-. The second-order valence-corrected chi connectivity index (χ2v) is 5.96. The van der Waals surface area contributed by atoms with Gasteiger partial charge < -0.3 is 4.74 Å². The van der Waals surface area contributed by atoms with Crippen molar-refractivity contribution in [3.05, 3.63) is 46.4 Å². The second-order valence-electron chi connectivity index (χ2n) is 4.29. The number of rotatable bonds is 1. The Bertz CT molecular complexity index is 634. The van der Waals surface area contributed by atoms with Crippen molar-refractivity contribution in [2.45, 2.75) is 0 Å². The van der Waals surface area contributed by atoms with E-state index in [2.05, 4.69) is 0 Å². The number of benzene rings is 1. The lowest BCUT2D eigenvalue weighted by atomic mass is 10.1. The largest absolute Gasteiger partial charge is 0.488 e. The fourth-order valence-electron chi connectivity index (χ4n) is 1.93. The highest BCUT2D eigenvalue weighted by molar-refractivity contribution is 8.26. The molecule has 0 aliphatic carbocycles. The first-order valence-corrected chi connectivity index (χ1v) is 7.01. The molecule has 5 heteroatoms. The smallest absolute Gasteiger partial charge is 0.265 e. The summed E-state index contributed by atoms with van der Waals surface area (Å²) in [5.41, 5.74) is 2.01. The van der Waals surface area contributed by atoms with Gasteiger partial charge in [-0.2, -0.15) is 0 Å². The number of thiocarbonyl (C=S) groups is 1. The highest BCUT2D eigenvalue weighted by Crippen LogP contribution is 2.32. The van der Waals surface area contributed by atoms with Crippen LogP contribution in [0.1, 0.15) is 5.56 Å². The van der Waals surface area contributed by atoms with Crippen molar-refractivity contribution in [1.82, 2.24) is 4.90 Å². The summed E-state index contributed by atoms with van der Waals surface area (Å²) in [6.45, 7) is 0.477. The summed E-state index contributed by atoms with van der Waals surface area (Å²) in [6, 6.07) is 7.84. The van der Waals surface area contributed by atoms with Crippen LogP contribution in [0.3, 0.4) is 0 Å². The van der Waals surface area contributed by atoms with Gasteiger partial charge in [0.2, 0.25) is 0 Å². The average Bonchev–Trinajstić information content (AvgIpc) is 2.66. The van der Waals surface area contributed by atoms with E-state index in [1.54, 1.807) is 7.05 Å². The maximum Gasteiger partial charge on any atom is 0.265 e. The first kappa shape index (κ1) is 12.4. The Labute approximate surface area is 120 Å². The molecule has 2 aliphatic rings. The highest BCUT2D eigenvalue weighted by Gasteiger charge is 2.29. The Kier molecular flexibility index (Phi) is 3.16. The van der Waals surface area contributed by atoms with Crippen LogP contribution in [0.5, 0.6) is 5.75 Å². The van der Waals surface area contributed by atoms with Crippen LogP contribution in [0.15, 0.2) is 40.8 Å². The normalized spacial score (nSPS) is 20.4. The molecule has 2 aliphatic heterocycles. The van der Waals surface area contributed by atoms with E-state index >= 15 is 0 Å². The number of thioether (sulfide) groups is 1. The molecule has 0 radical (unpaired) electrons. The number of hydrogen-bond acceptors (Lipinski definition) is 4. The zero-order chi connectivity index (χ0) is 13.4. The number of ether oxygens (including phenoxy) is 1. The maximum absolute atomic E-state index is 11.9. The molecule has 0 unspecified atom stereocenters. The van der Waals surface area contributed by atoms with Crippen molar-refractivity contribution in [2.75, 3.05) is 13.7 Å². The first-order valence-electron chi connectivity index (χ1n) is 5.79. The second kappa shape index (κ2) is 4.83. The zero-order valence-corrected chi connectivity index (χ0v) is 11.9. The molecule has 0 aromatic heterocycles. The number of nitrogens with zero attached hydrogens (tertiary/aromatic N) is 1. The minimum absolute atomic E-state index is 0.0465. The Morgan fingerprint density at radius 3 is 2.95 bits per heavy atom. The van der Waals surface area contributed by atoms with Gasteiger partial charge in [-0.25, -0.2) is 0 Å². The van der Waals surface area contributed by atoms with Crippen LogP contribution in [-0.4, -0.2) is 28.8 Å². The molecule has 1 aromatic rings. The molecule has 0 spiro atoms. The number of fused-ring (bicyclic) bond motifs is 1. The zero-order valence-electron chi connectivity index (χ0n) is 10.3. The fraction of sp³-hybridized carbons (Fsp3) is 0.143. The summed E-state index contributed by atoms with van der Waals surface area (Å²) < 4.78 is 6.25. The molecule has 1 saturated heterocycles. The molecule has 3 rings (SSSR count). The summed E-state index contributed by atoms with van der Waals surface area (Å²) in [5.74, 6) is 0.831. The van der Waals surface area contributed by atoms with Gasteiger partial charge in [0.25, 0.3) is 5.91 Å². The average molecular weight is 289 g/mol. The molecule has 3 nitrogen and oxygen atoms in total. The summed E-state index contributed by atoms with van der Waals surface area (Å²) in [4.78, 5) is 14.1. The van der Waals surface area contributed by atoms with Gasteiger partial charge in [0.1, 0.15) is 16.7 Å². The van der Waals surface area contributed by atoms with E-state index in [-0.39, 0.29) is 5.91 Å². The van der Waals surface area contributed by atoms with Gasteiger partial charge in [-0.05, 0) is 23.8 Å². The number of amides is 1. The quantitative estimate of drug-likeness (QED) is 0.587. The molecular weight excluding hydrogens is 278 g/mol. The van der Waals surface area contributed by atoms with E-state index in [1.807, 2.05) is 36.4 Å². The van der Waals surface area contributed by atoms with Crippen LogP contribution >= 0.6 is 24.0 Å². The van der Waals surface area contributed by atoms with Crippen molar-refractivity contribution in [2.24, 2.45) is 0 Å². The third-order valence-electron chi connectivity index (χ3n) is 2.96. The van der Waals surface area contributed by atoms with Crippen LogP contribution in [0.4, 0.5) is 0 Å². The van der Waals surface area contributed by atoms with E-state index in [4.69, 9.17) is 17.0 Å². The minimum Gasteiger partial charge on any atom is -0.488 e. The van der Waals surface area contributed by atoms with Crippen molar-refractivity contribution in [3.8, 4) is 5.75 Å². The van der Waals surface area contributed by atoms with E-state index in [0.717, 1.165) is 16.9 Å². The fourth-order valence-corrected chi connectivity index (χ4v) is 3.13. The topological polar surface area (TPSA) is 29.5 Å². The van der Waals surface area contributed by atoms with Gasteiger partial charge >= 0.3 is 0 Å². The van der Waals surface area contributed by atoms with Crippen LogP contribution in [0.2, 0.25) is 0 Å². The number of hydrogen-bond donors (Lipinski definition) is 0. The summed E-state index contributed by atoms with van der Waals surface area (Å²) in [7, 11) is 1.69. The van der Waals surface area contributed by atoms with Crippen LogP contribution in [0.25, 0.3) is 6.08 Å². The van der Waals surface area contributed by atoms with Crippen molar-refractivity contribution in [1.29, 1.82) is 0 Å². The molecule has 1 fully saturated rings. The summed E-state index contributed by atoms with van der Waals surface area (Å²) in [6.07, 6.45) is 3.90. The Morgan fingerprint density at radius 1 is 1.42 bits per heavy atom. The van der Waals surface area contributed by atoms with Crippen LogP contribution in [0, 0.1) is 0 Å². The molecule has 2 heterocycles. The third-order valence-corrected chi connectivity index (χ3v) is 4.44. The Hall–Kier alpha value is -1.59. The highest BCUT2D eigenvalue weighted by atomic mass is 32.2. The van der Waals surface area contributed by atoms with E-state index < -0.39 is 0 Å². The number of carbonyl (C=O) groups excluding carboxylic acids is 1. The molecule has 19 heavy (non-hydrogen) atoms. The SMILES string of the molecule is CN1C(=O)/C(=C/C2=Cc3ccccc3OC2)SC1=S. The van der Waals surface area contributed by atoms with E-state index in [1.165, 1.54) is 16.7 Å². The maximum atomic E-state index is 11.9. The van der Waals surface area contributed by atoms with Crippen molar-refractivity contribution < 1.29 is 9.53 Å². The molecular formula is C14H11NO2S2. The molecule has 96 valence electrons. The molecule has 0 atom stereocenters. The van der Waals surface area contributed by atoms with Crippen molar-refractivity contribution in [3.63, 3.8) is 0 Å². The van der Waals surface area contributed by atoms with Crippen molar-refractivity contribution >= 4 is 40.3 Å². The summed E-state index contributed by atoms with van der Waals surface area (Å²) in [5, 5.41) is 0.